The van der Waals surface area contributed by atoms with Crippen LogP contribution in [0.4, 0.5) is 0 Å². The van der Waals surface area contributed by atoms with Crippen LogP contribution < -0.4 is 4.74 Å². The topological polar surface area (TPSA) is 61.8 Å². The normalized spacial score (nSPS) is 9.82. The number of hydrogen-bond donors (Lipinski definition) is 0. The molecule has 0 N–H and O–H groups in total. The van der Waals surface area contributed by atoms with Gasteiger partial charge in [-0.15, -0.1) is 0 Å². The van der Waals surface area contributed by atoms with Crippen LogP contribution in [-0.4, -0.2) is 32.8 Å². The van der Waals surface area contributed by atoms with Crippen LogP contribution in [-0.2, 0) is 9.47 Å². The van der Waals surface area contributed by atoms with E-state index in [-0.39, 0.29) is 18.1 Å². The summed E-state index contributed by atoms with van der Waals surface area (Å²) in [5.74, 6) is -0.364. The van der Waals surface area contributed by atoms with Gasteiger partial charge in [-0.05, 0) is 25.1 Å². The van der Waals surface area contributed by atoms with Gasteiger partial charge in [-0.1, -0.05) is 0 Å². The summed E-state index contributed by atoms with van der Waals surface area (Å²) >= 11 is 0. The van der Waals surface area contributed by atoms with Crippen molar-refractivity contribution in [2.24, 2.45) is 0 Å². The lowest BCUT2D eigenvalue weighted by atomic mass is 10.1. The molecule has 0 saturated heterocycles. The fraction of sp³-hybridized carbons (Fsp3) is 0.333. The second-order valence-corrected chi connectivity index (χ2v) is 3.31. The number of benzene rings is 1. The van der Waals surface area contributed by atoms with Crippen LogP contribution in [0.1, 0.15) is 27.6 Å². The van der Waals surface area contributed by atoms with Crippen LogP contribution in [0.15, 0.2) is 18.2 Å². The van der Waals surface area contributed by atoms with Crippen molar-refractivity contribution in [1.82, 2.24) is 0 Å². The molecule has 0 saturated carbocycles. The number of methoxy groups -OCH3 is 2. The molecule has 0 spiro atoms. The molecular formula is C12H14O5. The summed E-state index contributed by atoms with van der Waals surface area (Å²) in [5, 5.41) is 0. The molecule has 1 rings (SSSR count). The van der Waals surface area contributed by atoms with Crippen molar-refractivity contribution >= 4 is 11.8 Å². The number of carbonyl (C=O) groups is 2. The zero-order valence-electron chi connectivity index (χ0n) is 9.98. The minimum atomic E-state index is -0.556. The first-order valence-electron chi connectivity index (χ1n) is 4.95. The SMILES string of the molecule is COCOc1ccc(C(C)=O)cc1C(=O)OC. The largest absolute Gasteiger partial charge is 0.467 e. The first kappa shape index (κ1) is 13.2. The van der Waals surface area contributed by atoms with E-state index in [9.17, 15) is 9.59 Å². The van der Waals surface area contributed by atoms with Crippen LogP contribution in [0.3, 0.4) is 0 Å². The Bertz CT molecular complexity index is 425. The number of ether oxygens (including phenoxy) is 3. The molecule has 0 amide bonds. The quantitative estimate of drug-likeness (QED) is 0.443. The van der Waals surface area contributed by atoms with Crippen molar-refractivity contribution in [2.45, 2.75) is 6.92 Å². The predicted octanol–water partition coefficient (Wildman–Crippen LogP) is 1.66. The second-order valence-electron chi connectivity index (χ2n) is 3.31. The molecule has 0 atom stereocenters. The number of rotatable bonds is 5. The number of esters is 1. The van der Waals surface area contributed by atoms with Crippen molar-refractivity contribution in [2.75, 3.05) is 21.0 Å². The highest BCUT2D eigenvalue weighted by Gasteiger charge is 2.15. The lowest BCUT2D eigenvalue weighted by molar-refractivity contribution is 0.0465. The molecule has 0 bridgehead atoms. The number of hydrogen-bond acceptors (Lipinski definition) is 5. The summed E-state index contributed by atoms with van der Waals surface area (Å²) in [6, 6.07) is 4.57. The third kappa shape index (κ3) is 3.29. The number of carbonyl (C=O) groups excluding carboxylic acids is 2. The molecule has 0 radical (unpaired) electrons. The monoisotopic (exact) mass is 238 g/mol. The molecule has 92 valence electrons. The van der Waals surface area contributed by atoms with Gasteiger partial charge in [-0.2, -0.15) is 0 Å². The van der Waals surface area contributed by atoms with Crippen LogP contribution in [0.5, 0.6) is 5.75 Å². The average molecular weight is 238 g/mol. The van der Waals surface area contributed by atoms with Gasteiger partial charge in [-0.25, -0.2) is 4.79 Å². The summed E-state index contributed by atoms with van der Waals surface area (Å²) in [6.07, 6.45) is 0. The molecule has 0 fully saturated rings. The molecule has 5 nitrogen and oxygen atoms in total. The Labute approximate surface area is 99.3 Å². The highest BCUT2D eigenvalue weighted by atomic mass is 16.7. The van der Waals surface area contributed by atoms with E-state index in [1.807, 2.05) is 0 Å². The summed E-state index contributed by atoms with van der Waals surface area (Å²) in [6.45, 7) is 1.44. The summed E-state index contributed by atoms with van der Waals surface area (Å²) in [5.41, 5.74) is 0.632. The Kier molecular flexibility index (Phi) is 4.66. The summed E-state index contributed by atoms with van der Waals surface area (Å²) in [4.78, 5) is 22.7. The minimum Gasteiger partial charge on any atom is -0.467 e. The van der Waals surface area contributed by atoms with Gasteiger partial charge < -0.3 is 14.2 Å². The van der Waals surface area contributed by atoms with Gasteiger partial charge in [0.15, 0.2) is 12.6 Å². The third-order valence-electron chi connectivity index (χ3n) is 2.12. The Balaban J connectivity index is 3.12. The predicted molar refractivity (Wildman–Crippen MR) is 60.3 cm³/mol. The van der Waals surface area contributed by atoms with Gasteiger partial charge in [0.25, 0.3) is 0 Å². The molecule has 17 heavy (non-hydrogen) atoms. The Morgan fingerprint density at radius 3 is 2.47 bits per heavy atom. The van der Waals surface area contributed by atoms with E-state index in [1.165, 1.54) is 27.2 Å². The van der Waals surface area contributed by atoms with Crippen molar-refractivity contribution in [3.05, 3.63) is 29.3 Å². The summed E-state index contributed by atoms with van der Waals surface area (Å²) in [7, 11) is 2.74. The van der Waals surface area contributed by atoms with E-state index in [0.717, 1.165) is 0 Å². The molecule has 0 aliphatic carbocycles. The zero-order valence-corrected chi connectivity index (χ0v) is 9.98. The van der Waals surface area contributed by atoms with Gasteiger partial charge in [-0.3, -0.25) is 4.79 Å². The zero-order chi connectivity index (χ0) is 12.8. The van der Waals surface area contributed by atoms with Gasteiger partial charge in [0.1, 0.15) is 11.3 Å². The van der Waals surface area contributed by atoms with Gasteiger partial charge in [0.2, 0.25) is 0 Å². The summed E-state index contributed by atoms with van der Waals surface area (Å²) < 4.78 is 14.6. The molecule has 0 unspecified atom stereocenters. The molecule has 5 heteroatoms. The fourth-order valence-electron chi connectivity index (χ4n) is 1.27. The Morgan fingerprint density at radius 1 is 1.24 bits per heavy atom. The van der Waals surface area contributed by atoms with Crippen LogP contribution >= 0.6 is 0 Å². The van der Waals surface area contributed by atoms with Gasteiger partial charge in [0.05, 0.1) is 7.11 Å². The first-order chi connectivity index (χ1) is 8.10. The van der Waals surface area contributed by atoms with Crippen LogP contribution in [0.25, 0.3) is 0 Å². The highest BCUT2D eigenvalue weighted by Crippen LogP contribution is 2.21. The highest BCUT2D eigenvalue weighted by molar-refractivity contribution is 5.99. The van der Waals surface area contributed by atoms with E-state index in [2.05, 4.69) is 4.74 Å². The number of Topliss-reactive ketones (excluding diaryl/α,β-unsaturated/α-hetero) is 1. The van der Waals surface area contributed by atoms with Crippen molar-refractivity contribution in [3.8, 4) is 5.75 Å². The second kappa shape index (κ2) is 6.00. The van der Waals surface area contributed by atoms with E-state index in [1.54, 1.807) is 12.1 Å². The molecule has 0 aliphatic rings. The molecule has 0 aromatic heterocycles. The maximum absolute atomic E-state index is 11.5. The van der Waals surface area contributed by atoms with Crippen LogP contribution in [0, 0.1) is 0 Å². The molecule has 0 aliphatic heterocycles. The van der Waals surface area contributed by atoms with Crippen molar-refractivity contribution in [1.29, 1.82) is 0 Å². The average Bonchev–Trinajstić information content (AvgIpc) is 2.35. The van der Waals surface area contributed by atoms with E-state index in [0.29, 0.717) is 11.3 Å². The molecule has 0 heterocycles. The molecule has 1 aromatic carbocycles. The van der Waals surface area contributed by atoms with Gasteiger partial charge >= 0.3 is 5.97 Å². The molecular weight excluding hydrogens is 224 g/mol. The first-order valence-corrected chi connectivity index (χ1v) is 4.95. The third-order valence-corrected chi connectivity index (χ3v) is 2.12. The van der Waals surface area contributed by atoms with Crippen LogP contribution in [0.2, 0.25) is 0 Å². The Morgan fingerprint density at radius 2 is 1.94 bits per heavy atom. The standard InChI is InChI=1S/C12H14O5/c1-8(13)9-4-5-11(17-7-15-2)10(6-9)12(14)16-3/h4-6H,7H2,1-3H3. The van der Waals surface area contributed by atoms with E-state index >= 15 is 0 Å². The smallest absolute Gasteiger partial charge is 0.341 e. The fourth-order valence-corrected chi connectivity index (χ4v) is 1.27. The molecule has 1 aromatic rings. The maximum Gasteiger partial charge on any atom is 0.341 e. The lowest BCUT2D eigenvalue weighted by Crippen LogP contribution is -2.09. The van der Waals surface area contributed by atoms with Gasteiger partial charge in [0, 0.05) is 12.7 Å². The van der Waals surface area contributed by atoms with E-state index < -0.39 is 5.97 Å². The maximum atomic E-state index is 11.5. The van der Waals surface area contributed by atoms with Crippen molar-refractivity contribution < 1.29 is 23.8 Å². The number of ketones is 1. The minimum absolute atomic E-state index is 0.0173. The van der Waals surface area contributed by atoms with E-state index in [4.69, 9.17) is 9.47 Å². The van der Waals surface area contributed by atoms with Crippen molar-refractivity contribution in [3.63, 3.8) is 0 Å². The Hall–Kier alpha value is -1.88. The lowest BCUT2D eigenvalue weighted by Gasteiger charge is -2.10.